The SMILES string of the molecule is O=C1C[C@@H]2CC[C@H](CN1)N2c1cncc(C(=O)N2CCOCC2)n1. The lowest BCUT2D eigenvalue weighted by atomic mass is 10.1. The minimum absolute atomic E-state index is 0.0840. The highest BCUT2D eigenvalue weighted by Gasteiger charge is 2.38. The van der Waals surface area contributed by atoms with Crippen LogP contribution in [0.2, 0.25) is 0 Å². The Bertz CT molecular complexity index is 646. The summed E-state index contributed by atoms with van der Waals surface area (Å²) in [4.78, 5) is 37.1. The molecule has 0 unspecified atom stereocenters. The molecule has 4 heterocycles. The smallest absolute Gasteiger partial charge is 0.274 e. The molecule has 3 aliphatic rings. The molecule has 1 N–H and O–H groups in total. The molecule has 0 aromatic carbocycles. The Morgan fingerprint density at radius 2 is 2.00 bits per heavy atom. The van der Waals surface area contributed by atoms with E-state index in [1.54, 1.807) is 11.1 Å². The van der Waals surface area contributed by atoms with E-state index in [0.29, 0.717) is 50.8 Å². The van der Waals surface area contributed by atoms with Crippen LogP contribution in [0.1, 0.15) is 29.8 Å². The second-order valence-corrected chi connectivity index (χ2v) is 6.47. The molecule has 3 saturated heterocycles. The Kier molecular flexibility index (Phi) is 4.05. The predicted molar refractivity (Wildman–Crippen MR) is 85.7 cm³/mol. The van der Waals surface area contributed by atoms with Gasteiger partial charge in [-0.2, -0.15) is 0 Å². The van der Waals surface area contributed by atoms with Gasteiger partial charge in [0.1, 0.15) is 11.5 Å². The van der Waals surface area contributed by atoms with Gasteiger partial charge in [-0.15, -0.1) is 0 Å². The Morgan fingerprint density at radius 3 is 2.83 bits per heavy atom. The summed E-state index contributed by atoms with van der Waals surface area (Å²) >= 11 is 0. The van der Waals surface area contributed by atoms with Crippen molar-refractivity contribution >= 4 is 17.6 Å². The molecule has 24 heavy (non-hydrogen) atoms. The molecule has 3 aliphatic heterocycles. The first-order valence-corrected chi connectivity index (χ1v) is 8.46. The molecule has 3 fully saturated rings. The average molecular weight is 331 g/mol. The molecule has 0 spiro atoms. The van der Waals surface area contributed by atoms with Crippen LogP contribution in [0.15, 0.2) is 12.4 Å². The van der Waals surface area contributed by atoms with Crippen LogP contribution >= 0.6 is 0 Å². The van der Waals surface area contributed by atoms with Crippen molar-refractivity contribution in [3.05, 3.63) is 18.1 Å². The number of ether oxygens (including phenoxy) is 1. The van der Waals surface area contributed by atoms with Crippen LogP contribution < -0.4 is 10.2 Å². The summed E-state index contributed by atoms with van der Waals surface area (Å²) in [5.41, 5.74) is 0.359. The molecular weight excluding hydrogens is 310 g/mol. The van der Waals surface area contributed by atoms with Crippen molar-refractivity contribution in [3.8, 4) is 0 Å². The Hall–Kier alpha value is -2.22. The maximum atomic E-state index is 12.6. The molecule has 2 bridgehead atoms. The molecule has 0 saturated carbocycles. The highest BCUT2D eigenvalue weighted by atomic mass is 16.5. The summed E-state index contributed by atoms with van der Waals surface area (Å²) in [7, 11) is 0. The maximum absolute atomic E-state index is 12.6. The van der Waals surface area contributed by atoms with Gasteiger partial charge in [-0.05, 0) is 12.8 Å². The van der Waals surface area contributed by atoms with Gasteiger partial charge in [-0.3, -0.25) is 14.6 Å². The first kappa shape index (κ1) is 15.3. The van der Waals surface area contributed by atoms with Crippen molar-refractivity contribution in [2.24, 2.45) is 0 Å². The van der Waals surface area contributed by atoms with Crippen LogP contribution in [0.3, 0.4) is 0 Å². The highest BCUT2D eigenvalue weighted by molar-refractivity contribution is 5.92. The number of carbonyl (C=O) groups is 2. The number of hydrogen-bond acceptors (Lipinski definition) is 6. The van der Waals surface area contributed by atoms with Gasteiger partial charge in [-0.1, -0.05) is 0 Å². The van der Waals surface area contributed by atoms with Gasteiger partial charge in [0.05, 0.1) is 25.6 Å². The fraction of sp³-hybridized carbons (Fsp3) is 0.625. The highest BCUT2D eigenvalue weighted by Crippen LogP contribution is 2.32. The van der Waals surface area contributed by atoms with Crippen LogP contribution in [-0.4, -0.2) is 71.6 Å². The van der Waals surface area contributed by atoms with Gasteiger partial charge in [-0.25, -0.2) is 4.98 Å². The monoisotopic (exact) mass is 331 g/mol. The molecule has 2 atom stereocenters. The van der Waals surface area contributed by atoms with Gasteiger partial charge >= 0.3 is 0 Å². The fourth-order valence-corrected chi connectivity index (χ4v) is 3.77. The van der Waals surface area contributed by atoms with Crippen molar-refractivity contribution in [1.29, 1.82) is 0 Å². The lowest BCUT2D eigenvalue weighted by Gasteiger charge is -2.29. The van der Waals surface area contributed by atoms with Crippen molar-refractivity contribution in [3.63, 3.8) is 0 Å². The summed E-state index contributed by atoms with van der Waals surface area (Å²) in [5, 5.41) is 2.95. The van der Waals surface area contributed by atoms with Crippen LogP contribution in [0.4, 0.5) is 5.82 Å². The number of morpholine rings is 1. The Morgan fingerprint density at radius 1 is 1.21 bits per heavy atom. The molecule has 8 heteroatoms. The van der Waals surface area contributed by atoms with Gasteiger partial charge in [0.25, 0.3) is 5.91 Å². The number of fused-ring (bicyclic) bond motifs is 2. The quantitative estimate of drug-likeness (QED) is 0.808. The molecule has 1 aromatic rings. The summed E-state index contributed by atoms with van der Waals surface area (Å²) < 4.78 is 5.29. The van der Waals surface area contributed by atoms with Crippen LogP contribution in [0.25, 0.3) is 0 Å². The molecule has 1 aromatic heterocycles. The minimum Gasteiger partial charge on any atom is -0.378 e. The van der Waals surface area contributed by atoms with Crippen molar-refractivity contribution in [2.75, 3.05) is 37.7 Å². The number of aromatic nitrogens is 2. The number of rotatable bonds is 2. The second-order valence-electron chi connectivity index (χ2n) is 6.47. The van der Waals surface area contributed by atoms with Crippen molar-refractivity contribution < 1.29 is 14.3 Å². The van der Waals surface area contributed by atoms with Crippen LogP contribution in [0.5, 0.6) is 0 Å². The Labute approximate surface area is 140 Å². The molecule has 0 radical (unpaired) electrons. The van der Waals surface area contributed by atoms with Gasteiger partial charge in [0.2, 0.25) is 5.91 Å². The van der Waals surface area contributed by atoms with E-state index < -0.39 is 0 Å². The molecule has 2 amide bonds. The lowest BCUT2D eigenvalue weighted by molar-refractivity contribution is -0.121. The number of carbonyl (C=O) groups excluding carboxylic acids is 2. The summed E-state index contributed by atoms with van der Waals surface area (Å²) in [6, 6.07) is 0.366. The number of nitrogens with zero attached hydrogens (tertiary/aromatic N) is 4. The molecule has 128 valence electrons. The van der Waals surface area contributed by atoms with Crippen molar-refractivity contribution in [1.82, 2.24) is 20.2 Å². The maximum Gasteiger partial charge on any atom is 0.274 e. The topological polar surface area (TPSA) is 87.7 Å². The first-order valence-electron chi connectivity index (χ1n) is 8.46. The summed E-state index contributed by atoms with van der Waals surface area (Å²) in [6.45, 7) is 2.90. The Balaban J connectivity index is 1.58. The standard InChI is InChI=1S/C16H21N5O3/c22-15-7-11-1-2-12(8-18-15)21(11)14-10-17-9-13(19-14)16(23)20-3-5-24-6-4-20/h9-12H,1-8H2,(H,18,22)/t11-,12+/m0/s1. The molecule has 0 aliphatic carbocycles. The second kappa shape index (κ2) is 6.35. The minimum atomic E-state index is -0.107. The third-order valence-electron chi connectivity index (χ3n) is 4.98. The van der Waals surface area contributed by atoms with Gasteiger partial charge in [0.15, 0.2) is 0 Å². The van der Waals surface area contributed by atoms with E-state index in [2.05, 4.69) is 20.2 Å². The number of anilines is 1. The normalized spacial score (nSPS) is 26.9. The number of hydrogen-bond donors (Lipinski definition) is 1. The number of amides is 2. The zero-order chi connectivity index (χ0) is 16.5. The van der Waals surface area contributed by atoms with Gasteiger partial charge in [0, 0.05) is 38.1 Å². The zero-order valence-corrected chi connectivity index (χ0v) is 13.5. The fourth-order valence-electron chi connectivity index (χ4n) is 3.77. The third-order valence-corrected chi connectivity index (χ3v) is 4.98. The van der Waals surface area contributed by atoms with E-state index in [9.17, 15) is 9.59 Å². The van der Waals surface area contributed by atoms with E-state index in [4.69, 9.17) is 4.74 Å². The lowest BCUT2D eigenvalue weighted by Crippen LogP contribution is -2.42. The van der Waals surface area contributed by atoms with E-state index >= 15 is 0 Å². The van der Waals surface area contributed by atoms with E-state index in [1.807, 2.05) is 0 Å². The van der Waals surface area contributed by atoms with Crippen LogP contribution in [-0.2, 0) is 9.53 Å². The molecule has 8 nitrogen and oxygen atoms in total. The summed E-state index contributed by atoms with van der Waals surface area (Å²) in [6.07, 6.45) is 5.68. The van der Waals surface area contributed by atoms with Crippen molar-refractivity contribution in [2.45, 2.75) is 31.3 Å². The van der Waals surface area contributed by atoms with Crippen LogP contribution in [0, 0.1) is 0 Å². The van der Waals surface area contributed by atoms with Gasteiger partial charge < -0.3 is 19.9 Å². The predicted octanol–water partition coefficient (Wildman–Crippen LogP) is -0.194. The largest absolute Gasteiger partial charge is 0.378 e. The molecular formula is C16H21N5O3. The average Bonchev–Trinajstić information content (AvgIpc) is 2.94. The number of nitrogens with one attached hydrogen (secondary N) is 1. The van der Waals surface area contributed by atoms with E-state index in [-0.39, 0.29) is 23.9 Å². The summed E-state index contributed by atoms with van der Waals surface area (Å²) in [5.74, 6) is 0.669. The third kappa shape index (κ3) is 2.82. The first-order chi connectivity index (χ1) is 11.7. The van der Waals surface area contributed by atoms with E-state index in [1.165, 1.54) is 6.20 Å². The van der Waals surface area contributed by atoms with E-state index in [0.717, 1.165) is 12.8 Å². The molecule has 4 rings (SSSR count). The zero-order valence-electron chi connectivity index (χ0n) is 13.5.